The number of carboxylic acid groups (broad SMARTS) is 1. The van der Waals surface area contributed by atoms with E-state index in [1.54, 1.807) is 30.5 Å². The summed E-state index contributed by atoms with van der Waals surface area (Å²) in [5.74, 6) is -2.43. The number of benzene rings is 1. The van der Waals surface area contributed by atoms with Gasteiger partial charge in [0, 0.05) is 31.2 Å². The minimum Gasteiger partial charge on any atom is -0.478 e. The van der Waals surface area contributed by atoms with E-state index in [2.05, 4.69) is 46.3 Å². The van der Waals surface area contributed by atoms with Crippen LogP contribution in [0.5, 0.6) is 0 Å². The fraction of sp³-hybridized carbons (Fsp3) is 0.514. The number of H-pyrrole nitrogens is 1. The summed E-state index contributed by atoms with van der Waals surface area (Å²) < 4.78 is 0. The van der Waals surface area contributed by atoms with Gasteiger partial charge in [-0.3, -0.25) is 14.4 Å². The number of aromatic nitrogens is 2. The molecule has 0 saturated heterocycles. The average molecular weight is 636 g/mol. The number of aromatic amines is 1. The zero-order valence-electron chi connectivity index (χ0n) is 26.9. The summed E-state index contributed by atoms with van der Waals surface area (Å²) in [6.45, 7) is 8.09. The molecule has 1 aromatic heterocycles. The van der Waals surface area contributed by atoms with Crippen LogP contribution in [-0.2, 0) is 32.0 Å². The lowest BCUT2D eigenvalue weighted by atomic mass is 9.81. The molecular weight excluding hydrogens is 586 g/mol. The lowest BCUT2D eigenvalue weighted by molar-refractivity contribution is -0.132. The summed E-state index contributed by atoms with van der Waals surface area (Å²) in [6.07, 6.45) is 12.4. The van der Waals surface area contributed by atoms with Crippen molar-refractivity contribution in [3.63, 3.8) is 0 Å². The molecule has 11 heteroatoms. The van der Waals surface area contributed by atoms with Crippen molar-refractivity contribution in [1.29, 1.82) is 0 Å². The van der Waals surface area contributed by atoms with Crippen molar-refractivity contribution in [3.8, 4) is 0 Å². The molecule has 3 rings (SSSR count). The van der Waals surface area contributed by atoms with Crippen LogP contribution in [0.2, 0.25) is 0 Å². The number of carbonyl (C=O) groups excluding carboxylic acids is 3. The van der Waals surface area contributed by atoms with Crippen LogP contribution in [0.3, 0.4) is 0 Å². The Morgan fingerprint density at radius 1 is 0.978 bits per heavy atom. The maximum atomic E-state index is 14.0. The highest BCUT2D eigenvalue weighted by Gasteiger charge is 2.32. The van der Waals surface area contributed by atoms with Gasteiger partial charge in [0.25, 0.3) is 0 Å². The number of aliphatic carboxylic acids is 1. The first kappa shape index (κ1) is 36.2. The Labute approximate surface area is 271 Å². The van der Waals surface area contributed by atoms with E-state index in [0.29, 0.717) is 30.5 Å². The molecule has 1 aliphatic carbocycles. The van der Waals surface area contributed by atoms with Gasteiger partial charge in [-0.1, -0.05) is 82.4 Å². The summed E-state index contributed by atoms with van der Waals surface area (Å²) in [5.41, 5.74) is 1.31. The first-order chi connectivity index (χ1) is 22.0. The molecule has 3 amide bonds. The molecule has 1 aromatic carbocycles. The Morgan fingerprint density at radius 3 is 2.26 bits per heavy atom. The van der Waals surface area contributed by atoms with Crippen molar-refractivity contribution in [2.45, 2.75) is 95.9 Å². The van der Waals surface area contributed by atoms with Gasteiger partial charge in [0.2, 0.25) is 17.7 Å². The molecule has 1 aliphatic rings. The highest BCUT2D eigenvalue weighted by molar-refractivity contribution is 5.97. The standard InChI is InChI=1S/C35H49N5O6/c1-4-26(23(2)3)19-31(41)28(17-24-11-7-5-8-12-24)39-35(46)30(20-27-21-36-22-37-27)40-34(45)29(18-25-13-9-6-10-14-25)38-32(42)15-16-33(43)44/h4,6,9-10,13-16,21-24,26,28-31,41H,1,5,7-8,11-12,17-20H2,2-3H3,(H,36,37)(H,38,42)(H,39,46)(H,40,45)(H,43,44)/t26-,28-,29-,30-,31+/m0/s1. The molecule has 11 nitrogen and oxygen atoms in total. The number of hydrogen-bond donors (Lipinski definition) is 6. The highest BCUT2D eigenvalue weighted by atomic mass is 16.4. The van der Waals surface area contributed by atoms with E-state index in [0.717, 1.165) is 37.3 Å². The van der Waals surface area contributed by atoms with Gasteiger partial charge in [0.15, 0.2) is 0 Å². The van der Waals surface area contributed by atoms with Gasteiger partial charge < -0.3 is 31.1 Å². The molecule has 250 valence electrons. The second-order valence-corrected chi connectivity index (χ2v) is 12.5. The predicted octanol–water partition coefficient (Wildman–Crippen LogP) is 3.47. The van der Waals surface area contributed by atoms with Crippen LogP contribution in [0.1, 0.15) is 70.1 Å². The van der Waals surface area contributed by atoms with E-state index >= 15 is 0 Å². The highest BCUT2D eigenvalue weighted by Crippen LogP contribution is 2.30. The lowest BCUT2D eigenvalue weighted by Crippen LogP contribution is -2.57. The van der Waals surface area contributed by atoms with Gasteiger partial charge in [-0.2, -0.15) is 0 Å². The number of hydrogen-bond acceptors (Lipinski definition) is 6. The summed E-state index contributed by atoms with van der Waals surface area (Å²) in [4.78, 5) is 58.3. The van der Waals surface area contributed by atoms with Crippen molar-refractivity contribution >= 4 is 23.7 Å². The third-order valence-electron chi connectivity index (χ3n) is 8.67. The monoisotopic (exact) mass is 635 g/mol. The fourth-order valence-electron chi connectivity index (χ4n) is 5.98. The quantitative estimate of drug-likeness (QED) is 0.107. The minimum atomic E-state index is -1.30. The van der Waals surface area contributed by atoms with Gasteiger partial charge in [-0.15, -0.1) is 6.58 Å². The molecular formula is C35H49N5O6. The molecule has 0 bridgehead atoms. The van der Waals surface area contributed by atoms with Gasteiger partial charge in [-0.05, 0) is 36.2 Å². The smallest absolute Gasteiger partial charge is 0.328 e. The van der Waals surface area contributed by atoms with Crippen molar-refractivity contribution in [2.24, 2.45) is 17.8 Å². The molecule has 0 aliphatic heterocycles. The Hall–Kier alpha value is -4.25. The number of carboxylic acids is 1. The number of aliphatic hydroxyl groups is 1. The van der Waals surface area contributed by atoms with Crippen molar-refractivity contribution in [2.75, 3.05) is 0 Å². The molecule has 46 heavy (non-hydrogen) atoms. The van der Waals surface area contributed by atoms with Gasteiger partial charge in [0.1, 0.15) is 12.1 Å². The summed E-state index contributed by atoms with van der Waals surface area (Å²) in [7, 11) is 0. The molecule has 2 aromatic rings. The van der Waals surface area contributed by atoms with Crippen molar-refractivity contribution < 1.29 is 29.4 Å². The largest absolute Gasteiger partial charge is 0.478 e. The SMILES string of the molecule is C=C[C@@H](C[C@@H](O)[C@H](CC1CCCCC1)NC(=O)[C@H](Cc1c[nH]cn1)NC(=O)[C@H](Cc1ccccc1)NC(=O)C=CC(=O)O)C(C)C. The molecule has 1 fully saturated rings. The zero-order chi connectivity index (χ0) is 33.5. The lowest BCUT2D eigenvalue weighted by Gasteiger charge is -2.33. The number of amides is 3. The molecule has 1 saturated carbocycles. The number of nitrogens with one attached hydrogen (secondary N) is 4. The molecule has 0 spiro atoms. The van der Waals surface area contributed by atoms with Crippen LogP contribution in [0.15, 0.2) is 67.7 Å². The third-order valence-corrected chi connectivity index (χ3v) is 8.67. The van der Waals surface area contributed by atoms with Crippen LogP contribution >= 0.6 is 0 Å². The maximum absolute atomic E-state index is 14.0. The van der Waals surface area contributed by atoms with Crippen LogP contribution in [0, 0.1) is 17.8 Å². The van der Waals surface area contributed by atoms with Crippen LogP contribution in [-0.4, -0.2) is 68.1 Å². The molecule has 0 radical (unpaired) electrons. The first-order valence-electron chi connectivity index (χ1n) is 16.2. The van der Waals surface area contributed by atoms with Crippen molar-refractivity contribution in [1.82, 2.24) is 25.9 Å². The third kappa shape index (κ3) is 12.3. The van der Waals surface area contributed by atoms with E-state index in [-0.39, 0.29) is 24.7 Å². The van der Waals surface area contributed by atoms with Gasteiger partial charge in [-0.25, -0.2) is 9.78 Å². The molecule has 1 heterocycles. The summed E-state index contributed by atoms with van der Waals surface area (Å²) in [6, 6.07) is 6.34. The molecule has 5 atom stereocenters. The average Bonchev–Trinajstić information content (AvgIpc) is 3.55. The summed E-state index contributed by atoms with van der Waals surface area (Å²) in [5, 5.41) is 28.8. The van der Waals surface area contributed by atoms with E-state index in [1.165, 1.54) is 12.7 Å². The van der Waals surface area contributed by atoms with Gasteiger partial charge >= 0.3 is 5.97 Å². The number of imidazole rings is 1. The van der Waals surface area contributed by atoms with Crippen LogP contribution in [0.25, 0.3) is 0 Å². The number of allylic oxidation sites excluding steroid dienone is 1. The number of nitrogens with zero attached hydrogens (tertiary/aromatic N) is 1. The van der Waals surface area contributed by atoms with E-state index < -0.39 is 47.9 Å². The zero-order valence-corrected chi connectivity index (χ0v) is 26.9. The number of carbonyl (C=O) groups is 4. The number of rotatable bonds is 18. The second kappa shape index (κ2) is 18.7. The first-order valence-corrected chi connectivity index (χ1v) is 16.2. The predicted molar refractivity (Wildman–Crippen MR) is 175 cm³/mol. The van der Waals surface area contributed by atoms with Crippen LogP contribution in [0.4, 0.5) is 0 Å². The topological polar surface area (TPSA) is 174 Å². The van der Waals surface area contributed by atoms with E-state index in [4.69, 9.17) is 5.11 Å². The van der Waals surface area contributed by atoms with Crippen LogP contribution < -0.4 is 16.0 Å². The fourth-order valence-corrected chi connectivity index (χ4v) is 5.98. The Morgan fingerprint density at radius 2 is 1.65 bits per heavy atom. The van der Waals surface area contributed by atoms with Crippen molar-refractivity contribution in [3.05, 3.63) is 78.9 Å². The summed E-state index contributed by atoms with van der Waals surface area (Å²) >= 11 is 0. The normalized spacial score (nSPS) is 17.0. The van der Waals surface area contributed by atoms with Gasteiger partial charge in [0.05, 0.1) is 24.2 Å². The second-order valence-electron chi connectivity index (χ2n) is 12.5. The maximum Gasteiger partial charge on any atom is 0.328 e. The molecule has 0 unspecified atom stereocenters. The van der Waals surface area contributed by atoms with E-state index in [1.807, 2.05) is 12.1 Å². The Kier molecular flexibility index (Phi) is 14.7. The molecule has 6 N–H and O–H groups in total. The number of aliphatic hydroxyl groups excluding tert-OH is 1. The Bertz CT molecular complexity index is 1290. The van der Waals surface area contributed by atoms with E-state index in [9.17, 15) is 24.3 Å². The Balaban J connectivity index is 1.84. The minimum absolute atomic E-state index is 0.0675.